The molecule has 2 heterocycles. The number of hydrogen-bond donors (Lipinski definition) is 3. The minimum Gasteiger partial charge on any atom is -0.388 e. The van der Waals surface area contributed by atoms with Gasteiger partial charge in [0.05, 0.1) is 17.7 Å². The molecule has 176 valence electrons. The molecule has 0 bridgehead atoms. The Morgan fingerprint density at radius 2 is 1.91 bits per heavy atom. The van der Waals surface area contributed by atoms with Gasteiger partial charge >= 0.3 is 0 Å². The molecule has 4 N–H and O–H groups in total. The molecule has 7 nitrogen and oxygen atoms in total. The predicted molar refractivity (Wildman–Crippen MR) is 121 cm³/mol. The zero-order valence-electron chi connectivity index (χ0n) is 18.2. The highest BCUT2D eigenvalue weighted by atomic mass is 19.1. The van der Waals surface area contributed by atoms with E-state index < -0.39 is 36.4 Å². The van der Waals surface area contributed by atoms with E-state index >= 15 is 4.39 Å². The fraction of sp³-hybridized carbons (Fsp3) is 0.208. The number of amides is 1. The van der Waals surface area contributed by atoms with Gasteiger partial charge in [-0.25, -0.2) is 17.7 Å². The first-order valence-electron chi connectivity index (χ1n) is 10.5. The number of aromatic nitrogens is 3. The number of carbonyl (C=O) groups excluding carboxylic acids is 1. The summed E-state index contributed by atoms with van der Waals surface area (Å²) >= 11 is 0. The quantitative estimate of drug-likeness (QED) is 0.382. The van der Waals surface area contributed by atoms with Gasteiger partial charge in [-0.15, -0.1) is 5.10 Å². The number of rotatable bonds is 7. The third kappa shape index (κ3) is 4.72. The van der Waals surface area contributed by atoms with E-state index in [1.165, 1.54) is 34.8 Å². The molecule has 4 aromatic rings. The van der Waals surface area contributed by atoms with Gasteiger partial charge in [0.2, 0.25) is 5.95 Å². The molecule has 34 heavy (non-hydrogen) atoms. The molecule has 0 unspecified atom stereocenters. The smallest absolute Gasteiger partial charge is 0.254 e. The number of nitrogens with zero attached hydrogens (tertiary/aromatic N) is 3. The molecule has 0 aliphatic carbocycles. The van der Waals surface area contributed by atoms with E-state index in [1.807, 2.05) is 0 Å². The Hall–Kier alpha value is -3.92. The number of pyridine rings is 1. The number of aliphatic hydroxyl groups is 1. The number of nitrogen functional groups attached to an aromatic ring is 1. The topological polar surface area (TPSA) is 106 Å². The molecular weight excluding hydrogens is 447 g/mol. The van der Waals surface area contributed by atoms with E-state index in [4.69, 9.17) is 5.73 Å². The number of aryl methyl sites for hydroxylation is 1. The van der Waals surface area contributed by atoms with Crippen LogP contribution in [0.3, 0.4) is 0 Å². The van der Waals surface area contributed by atoms with Crippen molar-refractivity contribution in [2.45, 2.75) is 25.5 Å². The first-order valence-corrected chi connectivity index (χ1v) is 10.5. The summed E-state index contributed by atoms with van der Waals surface area (Å²) < 4.78 is 43.7. The normalized spacial score (nSPS) is 13.1. The van der Waals surface area contributed by atoms with Crippen molar-refractivity contribution in [3.8, 4) is 11.1 Å². The summed E-state index contributed by atoms with van der Waals surface area (Å²) in [6, 6.07) is 10.4. The van der Waals surface area contributed by atoms with Gasteiger partial charge in [0.1, 0.15) is 18.3 Å². The Morgan fingerprint density at radius 3 is 2.62 bits per heavy atom. The fourth-order valence-electron chi connectivity index (χ4n) is 3.75. The second-order valence-corrected chi connectivity index (χ2v) is 7.93. The van der Waals surface area contributed by atoms with Crippen molar-refractivity contribution in [1.82, 2.24) is 19.9 Å². The van der Waals surface area contributed by atoms with Crippen LogP contribution in [-0.4, -0.2) is 38.3 Å². The molecule has 0 aliphatic heterocycles. The van der Waals surface area contributed by atoms with Crippen LogP contribution in [0.25, 0.3) is 16.8 Å². The lowest BCUT2D eigenvalue weighted by Crippen LogP contribution is -2.38. The summed E-state index contributed by atoms with van der Waals surface area (Å²) in [5.41, 5.74) is 7.13. The Morgan fingerprint density at radius 1 is 1.18 bits per heavy atom. The third-order valence-electron chi connectivity index (χ3n) is 5.53. The zero-order valence-corrected chi connectivity index (χ0v) is 18.2. The van der Waals surface area contributed by atoms with Crippen molar-refractivity contribution in [3.63, 3.8) is 0 Å². The number of alkyl halides is 1. The van der Waals surface area contributed by atoms with Crippen LogP contribution in [0.5, 0.6) is 0 Å². The molecule has 0 spiro atoms. The van der Waals surface area contributed by atoms with E-state index in [0.717, 1.165) is 0 Å². The van der Waals surface area contributed by atoms with Crippen molar-refractivity contribution in [2.75, 3.05) is 12.4 Å². The van der Waals surface area contributed by atoms with Gasteiger partial charge in [0, 0.05) is 18.2 Å². The van der Waals surface area contributed by atoms with Gasteiger partial charge in [0.15, 0.2) is 5.65 Å². The standard InChI is InChI=1S/C24H22F3N5O2/c1-13-2-7-18(15-8-9-32-20(10-15)30-24(28)31-32)22(27)21(13)23(34)29-17(12-25)11-19(33)14-3-5-16(26)6-4-14/h2-10,17,19,33H,11-12H2,1H3,(H2,28,31)(H,29,34)/t17-,19+/m1/s1. The number of fused-ring (bicyclic) bond motifs is 1. The van der Waals surface area contributed by atoms with E-state index in [0.29, 0.717) is 22.3 Å². The van der Waals surface area contributed by atoms with Crippen molar-refractivity contribution in [3.05, 3.63) is 83.1 Å². The molecule has 0 aliphatic rings. The first kappa shape index (κ1) is 23.2. The van der Waals surface area contributed by atoms with Crippen LogP contribution < -0.4 is 11.1 Å². The van der Waals surface area contributed by atoms with Crippen molar-refractivity contribution >= 4 is 17.5 Å². The lowest BCUT2D eigenvalue weighted by Gasteiger charge is -2.20. The maximum atomic E-state index is 15.5. The molecule has 2 aromatic heterocycles. The maximum Gasteiger partial charge on any atom is 0.254 e. The second kappa shape index (κ2) is 9.52. The van der Waals surface area contributed by atoms with Crippen LogP contribution in [0.15, 0.2) is 54.7 Å². The van der Waals surface area contributed by atoms with E-state index in [1.54, 1.807) is 31.3 Å². The number of hydrogen-bond acceptors (Lipinski definition) is 5. The third-order valence-corrected chi connectivity index (χ3v) is 5.53. The number of carbonyl (C=O) groups is 1. The van der Waals surface area contributed by atoms with Crippen LogP contribution in [0.1, 0.15) is 34.0 Å². The minimum atomic E-state index is -1.14. The average molecular weight is 469 g/mol. The molecule has 1 amide bonds. The number of nitrogens with two attached hydrogens (primary N) is 1. The fourth-order valence-corrected chi connectivity index (χ4v) is 3.75. The van der Waals surface area contributed by atoms with Crippen molar-refractivity contribution in [1.29, 1.82) is 0 Å². The summed E-state index contributed by atoms with van der Waals surface area (Å²) in [5.74, 6) is -1.98. The van der Waals surface area contributed by atoms with Gasteiger partial charge < -0.3 is 16.2 Å². The van der Waals surface area contributed by atoms with Gasteiger partial charge in [0.25, 0.3) is 5.91 Å². The first-order chi connectivity index (χ1) is 16.3. The SMILES string of the molecule is Cc1ccc(-c2ccn3nc(N)nc3c2)c(F)c1C(=O)N[C@@H](CF)C[C@H](O)c1ccc(F)cc1. The van der Waals surface area contributed by atoms with Crippen LogP contribution in [0, 0.1) is 18.6 Å². The number of nitrogens with one attached hydrogen (secondary N) is 1. The Balaban J connectivity index is 1.57. The van der Waals surface area contributed by atoms with Crippen molar-refractivity contribution in [2.24, 2.45) is 0 Å². The number of benzene rings is 2. The second-order valence-electron chi connectivity index (χ2n) is 7.93. The molecule has 4 rings (SSSR count). The highest BCUT2D eigenvalue weighted by Gasteiger charge is 2.24. The Labute approximate surface area is 193 Å². The lowest BCUT2D eigenvalue weighted by atomic mass is 9.98. The van der Waals surface area contributed by atoms with Gasteiger partial charge in [-0.05, 0) is 47.9 Å². The number of anilines is 1. The van der Waals surface area contributed by atoms with Gasteiger partial charge in [-0.1, -0.05) is 24.3 Å². The molecule has 2 atom stereocenters. The number of halogens is 3. The summed E-state index contributed by atoms with van der Waals surface area (Å²) in [7, 11) is 0. The van der Waals surface area contributed by atoms with Crippen LogP contribution in [0.2, 0.25) is 0 Å². The lowest BCUT2D eigenvalue weighted by molar-refractivity contribution is 0.0891. The molecule has 0 saturated heterocycles. The van der Waals surface area contributed by atoms with E-state index in [9.17, 15) is 18.7 Å². The van der Waals surface area contributed by atoms with Crippen LogP contribution >= 0.6 is 0 Å². The molecular formula is C24H22F3N5O2. The summed E-state index contributed by atoms with van der Waals surface area (Å²) in [5, 5.41) is 16.8. The van der Waals surface area contributed by atoms with E-state index in [-0.39, 0.29) is 23.5 Å². The molecule has 10 heteroatoms. The highest BCUT2D eigenvalue weighted by Crippen LogP contribution is 2.28. The van der Waals surface area contributed by atoms with Gasteiger partial charge in [-0.3, -0.25) is 4.79 Å². The van der Waals surface area contributed by atoms with Crippen LogP contribution in [-0.2, 0) is 0 Å². The Bertz CT molecular complexity index is 1340. The molecule has 0 radical (unpaired) electrons. The summed E-state index contributed by atoms with van der Waals surface area (Å²) in [6.07, 6.45) is 0.267. The minimum absolute atomic E-state index is 0.0710. The molecule has 0 fully saturated rings. The van der Waals surface area contributed by atoms with Crippen LogP contribution in [0.4, 0.5) is 19.1 Å². The maximum absolute atomic E-state index is 15.5. The summed E-state index contributed by atoms with van der Waals surface area (Å²) in [4.78, 5) is 17.0. The monoisotopic (exact) mass is 469 g/mol. The molecule has 2 aromatic carbocycles. The largest absolute Gasteiger partial charge is 0.388 e. The summed E-state index contributed by atoms with van der Waals surface area (Å²) in [6.45, 7) is 0.595. The Kier molecular flexibility index (Phi) is 6.51. The average Bonchev–Trinajstić information content (AvgIpc) is 3.18. The van der Waals surface area contributed by atoms with E-state index in [2.05, 4.69) is 15.4 Å². The van der Waals surface area contributed by atoms with Crippen molar-refractivity contribution < 1.29 is 23.1 Å². The molecule has 0 saturated carbocycles. The highest BCUT2D eigenvalue weighted by molar-refractivity contribution is 5.97. The number of aliphatic hydroxyl groups excluding tert-OH is 1. The predicted octanol–water partition coefficient (Wildman–Crippen LogP) is 3.76. The van der Waals surface area contributed by atoms with Gasteiger partial charge in [-0.2, -0.15) is 4.98 Å². The zero-order chi connectivity index (χ0) is 24.4.